The predicted octanol–water partition coefficient (Wildman–Crippen LogP) is 6.22. The lowest BCUT2D eigenvalue weighted by Gasteiger charge is -2.20. The van der Waals surface area contributed by atoms with Crippen LogP contribution in [0.15, 0.2) is 48.7 Å². The second-order valence-corrected chi connectivity index (χ2v) is 7.49. The predicted molar refractivity (Wildman–Crippen MR) is 106 cm³/mol. The molecule has 0 aliphatic heterocycles. The molecule has 1 unspecified atom stereocenters. The summed E-state index contributed by atoms with van der Waals surface area (Å²) in [5.74, 6) is 0.706. The van der Waals surface area contributed by atoms with E-state index in [2.05, 4.69) is 56.8 Å². The van der Waals surface area contributed by atoms with E-state index >= 15 is 0 Å². The monoisotopic (exact) mass is 334 g/mol. The molecule has 0 saturated heterocycles. The van der Waals surface area contributed by atoms with Crippen molar-refractivity contribution in [3.63, 3.8) is 0 Å². The van der Waals surface area contributed by atoms with E-state index in [1.165, 1.54) is 41.5 Å². The third-order valence-electron chi connectivity index (χ3n) is 5.64. The van der Waals surface area contributed by atoms with Gasteiger partial charge in [0.1, 0.15) is 0 Å². The fraction of sp³-hybridized carbons (Fsp3) is 0.417. The molecule has 1 atom stereocenters. The average molecular weight is 335 g/mol. The second kappa shape index (κ2) is 7.91. The third-order valence-corrected chi connectivity index (χ3v) is 5.64. The number of rotatable bonds is 7. The lowest BCUT2D eigenvalue weighted by molar-refractivity contribution is 0.374. The zero-order valence-corrected chi connectivity index (χ0v) is 15.6. The number of hydrogen-bond acceptors (Lipinski definition) is 1. The highest BCUT2D eigenvalue weighted by molar-refractivity contribution is 5.46. The van der Waals surface area contributed by atoms with E-state index < -0.39 is 0 Å². The molecule has 1 aliphatic rings. The highest BCUT2D eigenvalue weighted by atomic mass is 16.3. The molecule has 1 heteroatoms. The molecular formula is C24H30O. The van der Waals surface area contributed by atoms with Gasteiger partial charge in [-0.1, -0.05) is 55.5 Å². The Morgan fingerprint density at radius 1 is 1.04 bits per heavy atom. The third kappa shape index (κ3) is 4.15. The highest BCUT2D eigenvalue weighted by Crippen LogP contribution is 2.36. The zero-order valence-electron chi connectivity index (χ0n) is 15.6. The summed E-state index contributed by atoms with van der Waals surface area (Å²) in [6.07, 6.45) is 7.63. The van der Waals surface area contributed by atoms with Gasteiger partial charge in [-0.05, 0) is 79.2 Å². The first kappa shape index (κ1) is 17.8. The van der Waals surface area contributed by atoms with Gasteiger partial charge < -0.3 is 5.11 Å². The van der Waals surface area contributed by atoms with E-state index in [-0.39, 0.29) is 0 Å². The van der Waals surface area contributed by atoms with Gasteiger partial charge in [0.2, 0.25) is 0 Å². The first-order valence-electron chi connectivity index (χ1n) is 9.64. The van der Waals surface area contributed by atoms with Crippen LogP contribution < -0.4 is 0 Å². The van der Waals surface area contributed by atoms with E-state index in [0.717, 1.165) is 19.3 Å². The molecule has 0 saturated carbocycles. The number of benzene rings is 2. The Balaban J connectivity index is 1.81. The highest BCUT2D eigenvalue weighted by Gasteiger charge is 2.22. The SMILES string of the molecule is C=C(O)CC(CC)c1ccc(CCc2ccc(C)cc2)c2c1CCC2. The lowest BCUT2D eigenvalue weighted by atomic mass is 9.85. The van der Waals surface area contributed by atoms with Gasteiger partial charge in [-0.15, -0.1) is 0 Å². The largest absolute Gasteiger partial charge is 0.513 e. The van der Waals surface area contributed by atoms with Crippen LogP contribution in [0, 0.1) is 6.92 Å². The first-order chi connectivity index (χ1) is 12.1. The summed E-state index contributed by atoms with van der Waals surface area (Å²) in [7, 11) is 0. The smallest absolute Gasteiger partial charge is 0.0857 e. The molecule has 2 aromatic carbocycles. The molecule has 0 bridgehead atoms. The lowest BCUT2D eigenvalue weighted by Crippen LogP contribution is -2.06. The maximum Gasteiger partial charge on any atom is 0.0857 e. The second-order valence-electron chi connectivity index (χ2n) is 7.49. The standard InChI is InChI=1S/C24H30O/c1-4-20(16-18(3)25)23-15-14-21(22-6-5-7-24(22)23)13-12-19-10-8-17(2)9-11-19/h8-11,14-15,20,25H,3-7,12-13,16H2,1-2H3. The zero-order chi connectivity index (χ0) is 17.8. The summed E-state index contributed by atoms with van der Waals surface area (Å²) in [6, 6.07) is 13.6. The summed E-state index contributed by atoms with van der Waals surface area (Å²) in [4.78, 5) is 0. The van der Waals surface area contributed by atoms with Crippen LogP contribution >= 0.6 is 0 Å². The molecule has 0 heterocycles. The molecule has 1 aliphatic carbocycles. The minimum absolute atomic E-state index is 0.307. The van der Waals surface area contributed by atoms with Crippen LogP contribution in [0.5, 0.6) is 0 Å². The number of aryl methyl sites for hydroxylation is 3. The molecule has 3 rings (SSSR count). The minimum atomic E-state index is 0.307. The minimum Gasteiger partial charge on any atom is -0.513 e. The van der Waals surface area contributed by atoms with Crippen molar-refractivity contribution < 1.29 is 5.11 Å². The van der Waals surface area contributed by atoms with Gasteiger partial charge in [-0.25, -0.2) is 0 Å². The van der Waals surface area contributed by atoms with Crippen LogP contribution in [0.25, 0.3) is 0 Å². The normalized spacial score (nSPS) is 14.3. The van der Waals surface area contributed by atoms with Crippen molar-refractivity contribution >= 4 is 0 Å². The van der Waals surface area contributed by atoms with Crippen molar-refractivity contribution in [3.05, 3.63) is 82.1 Å². The molecule has 1 nitrogen and oxygen atoms in total. The molecule has 132 valence electrons. The first-order valence-corrected chi connectivity index (χ1v) is 9.64. The Labute approximate surface area is 152 Å². The summed E-state index contributed by atoms with van der Waals surface area (Å²) < 4.78 is 0. The molecule has 0 amide bonds. The maximum atomic E-state index is 9.65. The topological polar surface area (TPSA) is 20.2 Å². The van der Waals surface area contributed by atoms with Crippen molar-refractivity contribution in [2.75, 3.05) is 0 Å². The van der Waals surface area contributed by atoms with Crippen molar-refractivity contribution in [1.82, 2.24) is 0 Å². The number of hydrogen-bond donors (Lipinski definition) is 1. The summed E-state index contributed by atoms with van der Waals surface area (Å²) in [5, 5.41) is 9.65. The molecule has 0 fully saturated rings. The molecule has 0 radical (unpaired) electrons. The van der Waals surface area contributed by atoms with Crippen LogP contribution in [-0.4, -0.2) is 5.11 Å². The van der Waals surface area contributed by atoms with Crippen LogP contribution in [0.3, 0.4) is 0 Å². The Bertz CT molecular complexity index is 739. The van der Waals surface area contributed by atoms with Gasteiger partial charge in [0.15, 0.2) is 0 Å². The number of allylic oxidation sites excluding steroid dienone is 1. The number of aliphatic hydroxyl groups is 1. The van der Waals surface area contributed by atoms with Crippen molar-refractivity contribution in [1.29, 1.82) is 0 Å². The Morgan fingerprint density at radius 3 is 2.44 bits per heavy atom. The fourth-order valence-electron chi connectivity index (χ4n) is 4.22. The van der Waals surface area contributed by atoms with Gasteiger partial charge >= 0.3 is 0 Å². The quantitative estimate of drug-likeness (QED) is 0.596. The van der Waals surface area contributed by atoms with Gasteiger partial charge in [0, 0.05) is 6.42 Å². The molecule has 0 aromatic heterocycles. The fourth-order valence-corrected chi connectivity index (χ4v) is 4.22. The number of aliphatic hydroxyl groups excluding tert-OH is 1. The van der Waals surface area contributed by atoms with Gasteiger partial charge in [0.25, 0.3) is 0 Å². The Morgan fingerprint density at radius 2 is 1.76 bits per heavy atom. The Hall–Kier alpha value is -2.02. The average Bonchev–Trinajstić information content (AvgIpc) is 3.09. The van der Waals surface area contributed by atoms with E-state index in [9.17, 15) is 5.11 Å². The van der Waals surface area contributed by atoms with Crippen LogP contribution in [0.4, 0.5) is 0 Å². The summed E-state index contributed by atoms with van der Waals surface area (Å²) in [6.45, 7) is 8.05. The number of fused-ring (bicyclic) bond motifs is 1. The van der Waals surface area contributed by atoms with Crippen LogP contribution in [0.1, 0.15) is 65.5 Å². The molecule has 2 aromatic rings. The van der Waals surface area contributed by atoms with E-state index in [4.69, 9.17) is 0 Å². The molecule has 0 spiro atoms. The summed E-state index contributed by atoms with van der Waals surface area (Å²) >= 11 is 0. The van der Waals surface area contributed by atoms with Crippen molar-refractivity contribution in [2.45, 2.75) is 64.7 Å². The van der Waals surface area contributed by atoms with Crippen molar-refractivity contribution in [2.24, 2.45) is 0 Å². The van der Waals surface area contributed by atoms with Crippen LogP contribution in [0.2, 0.25) is 0 Å². The van der Waals surface area contributed by atoms with Gasteiger partial charge in [-0.2, -0.15) is 0 Å². The molecular weight excluding hydrogens is 304 g/mol. The summed E-state index contributed by atoms with van der Waals surface area (Å²) in [5.41, 5.74) is 8.87. The van der Waals surface area contributed by atoms with Gasteiger partial charge in [-0.3, -0.25) is 0 Å². The molecule has 25 heavy (non-hydrogen) atoms. The molecule has 1 N–H and O–H groups in total. The van der Waals surface area contributed by atoms with E-state index in [0.29, 0.717) is 18.1 Å². The van der Waals surface area contributed by atoms with E-state index in [1.807, 2.05) is 0 Å². The van der Waals surface area contributed by atoms with Crippen molar-refractivity contribution in [3.8, 4) is 0 Å². The Kier molecular flexibility index (Phi) is 5.63. The van der Waals surface area contributed by atoms with Crippen LogP contribution in [-0.2, 0) is 25.7 Å². The maximum absolute atomic E-state index is 9.65. The van der Waals surface area contributed by atoms with E-state index in [1.54, 1.807) is 11.1 Å². The van der Waals surface area contributed by atoms with Gasteiger partial charge in [0.05, 0.1) is 5.76 Å².